The number of nitrogens with one attached hydrogen (secondary N) is 2. The van der Waals surface area contributed by atoms with Crippen LogP contribution in [0.3, 0.4) is 0 Å². The van der Waals surface area contributed by atoms with Crippen molar-refractivity contribution < 1.29 is 19.2 Å². The number of thiophene rings is 1. The summed E-state index contributed by atoms with van der Waals surface area (Å²) in [6, 6.07) is 6.80. The Morgan fingerprint density at radius 3 is 2.79 bits per heavy atom. The summed E-state index contributed by atoms with van der Waals surface area (Å²) in [7, 11) is 0. The molecule has 0 radical (unpaired) electrons. The molecule has 0 bridgehead atoms. The zero-order chi connectivity index (χ0) is 17.5. The van der Waals surface area contributed by atoms with Crippen LogP contribution in [-0.4, -0.2) is 23.5 Å². The number of rotatable bonds is 6. The Morgan fingerprint density at radius 2 is 2.12 bits per heavy atom. The average molecular weight is 370 g/mol. The third-order valence-corrected chi connectivity index (χ3v) is 3.84. The van der Waals surface area contributed by atoms with E-state index in [0.29, 0.717) is 6.54 Å². The first-order valence-electron chi connectivity index (χ1n) is 6.62. The van der Waals surface area contributed by atoms with Crippen LogP contribution in [0.4, 0.5) is 10.5 Å². The molecule has 0 aliphatic heterocycles. The maximum Gasteiger partial charge on any atom is 0.321 e. The molecule has 2 aromatic rings. The summed E-state index contributed by atoms with van der Waals surface area (Å²) in [6.07, 6.45) is 0. The predicted octanol–water partition coefficient (Wildman–Crippen LogP) is 2.71. The van der Waals surface area contributed by atoms with Crippen molar-refractivity contribution in [1.82, 2.24) is 10.6 Å². The fraction of sp³-hybridized carbons (Fsp3) is 0.143. The fourth-order valence-corrected chi connectivity index (χ4v) is 2.50. The number of amides is 3. The number of ether oxygens (including phenoxy) is 1. The van der Waals surface area contributed by atoms with Gasteiger partial charge in [-0.3, -0.25) is 20.2 Å². The van der Waals surface area contributed by atoms with E-state index in [1.165, 1.54) is 23.5 Å². The minimum atomic E-state index is -0.733. The number of hydrogen-bond acceptors (Lipinski definition) is 6. The van der Waals surface area contributed by atoms with Gasteiger partial charge in [-0.25, -0.2) is 4.79 Å². The Kier molecular flexibility index (Phi) is 6.10. The highest BCUT2D eigenvalue weighted by molar-refractivity contribution is 7.09. The lowest BCUT2D eigenvalue weighted by atomic mass is 10.3. The third-order valence-electron chi connectivity index (χ3n) is 2.73. The first-order chi connectivity index (χ1) is 11.5. The summed E-state index contributed by atoms with van der Waals surface area (Å²) in [5, 5.41) is 17.5. The Hall–Kier alpha value is -2.65. The van der Waals surface area contributed by atoms with Crippen LogP contribution in [0.15, 0.2) is 35.7 Å². The number of urea groups is 1. The molecular weight excluding hydrogens is 358 g/mol. The number of carbonyl (C=O) groups excluding carboxylic acids is 2. The maximum atomic E-state index is 11.6. The quantitative estimate of drug-likeness (QED) is 0.600. The zero-order valence-electron chi connectivity index (χ0n) is 12.2. The minimum Gasteiger partial charge on any atom is -0.477 e. The van der Waals surface area contributed by atoms with Crippen molar-refractivity contribution in [2.75, 3.05) is 6.61 Å². The second-order valence-electron chi connectivity index (χ2n) is 4.47. The number of halogens is 1. The van der Waals surface area contributed by atoms with Gasteiger partial charge in [-0.15, -0.1) is 11.3 Å². The number of carbonyl (C=O) groups is 2. The number of nitro benzene ring substituents is 1. The summed E-state index contributed by atoms with van der Waals surface area (Å²) < 4.78 is 5.08. The van der Waals surface area contributed by atoms with Crippen LogP contribution in [0.25, 0.3) is 0 Å². The molecule has 10 heteroatoms. The van der Waals surface area contributed by atoms with Gasteiger partial charge >= 0.3 is 11.7 Å². The van der Waals surface area contributed by atoms with Crippen LogP contribution in [0, 0.1) is 10.1 Å². The molecule has 8 nitrogen and oxygen atoms in total. The first kappa shape index (κ1) is 17.7. The average Bonchev–Trinajstić information content (AvgIpc) is 3.05. The lowest BCUT2D eigenvalue weighted by Crippen LogP contribution is -2.41. The van der Waals surface area contributed by atoms with Crippen molar-refractivity contribution in [2.24, 2.45) is 0 Å². The lowest BCUT2D eigenvalue weighted by molar-refractivity contribution is -0.385. The molecule has 0 aliphatic carbocycles. The van der Waals surface area contributed by atoms with Gasteiger partial charge in [-0.05, 0) is 23.6 Å². The molecule has 126 valence electrons. The molecule has 3 amide bonds. The Morgan fingerprint density at radius 1 is 1.33 bits per heavy atom. The molecular formula is C14H12ClN3O5S. The smallest absolute Gasteiger partial charge is 0.321 e. The molecule has 0 spiro atoms. The highest BCUT2D eigenvalue weighted by Gasteiger charge is 2.17. The van der Waals surface area contributed by atoms with E-state index < -0.39 is 23.5 Å². The van der Waals surface area contributed by atoms with Crippen LogP contribution < -0.4 is 15.4 Å². The molecule has 0 saturated heterocycles. The van der Waals surface area contributed by atoms with Crippen molar-refractivity contribution >= 4 is 40.6 Å². The summed E-state index contributed by atoms with van der Waals surface area (Å²) >= 11 is 7.15. The molecule has 0 unspecified atom stereocenters. The third kappa shape index (κ3) is 5.21. The number of hydrogen-bond donors (Lipinski definition) is 2. The van der Waals surface area contributed by atoms with Crippen molar-refractivity contribution in [3.63, 3.8) is 0 Å². The van der Waals surface area contributed by atoms with E-state index in [4.69, 9.17) is 16.3 Å². The molecule has 24 heavy (non-hydrogen) atoms. The summed E-state index contributed by atoms with van der Waals surface area (Å²) in [4.78, 5) is 34.4. The number of nitro groups is 1. The van der Waals surface area contributed by atoms with Gasteiger partial charge in [0, 0.05) is 16.0 Å². The predicted molar refractivity (Wildman–Crippen MR) is 88.3 cm³/mol. The van der Waals surface area contributed by atoms with Gasteiger partial charge in [0.1, 0.15) is 0 Å². The van der Waals surface area contributed by atoms with Crippen LogP contribution in [0.1, 0.15) is 4.88 Å². The standard InChI is InChI=1S/C14H12ClN3O5S/c15-9-3-4-12(11(6-9)18(21)22)23-8-13(19)17-14(20)16-7-10-2-1-5-24-10/h1-6H,7-8H2,(H2,16,17,19,20). The van der Waals surface area contributed by atoms with Gasteiger partial charge in [-0.2, -0.15) is 0 Å². The normalized spacial score (nSPS) is 10.0. The molecule has 0 fully saturated rings. The van der Waals surface area contributed by atoms with Crippen LogP contribution in [-0.2, 0) is 11.3 Å². The van der Waals surface area contributed by atoms with Crippen molar-refractivity contribution in [1.29, 1.82) is 0 Å². The van der Waals surface area contributed by atoms with E-state index in [2.05, 4.69) is 10.6 Å². The SMILES string of the molecule is O=C(COc1ccc(Cl)cc1[N+](=O)[O-])NC(=O)NCc1cccs1. The first-order valence-corrected chi connectivity index (χ1v) is 7.88. The Bertz CT molecular complexity index is 751. The van der Waals surface area contributed by atoms with E-state index >= 15 is 0 Å². The largest absolute Gasteiger partial charge is 0.477 e. The van der Waals surface area contributed by atoms with Gasteiger partial charge < -0.3 is 10.1 Å². The van der Waals surface area contributed by atoms with Crippen LogP contribution >= 0.6 is 22.9 Å². The number of nitrogens with zero attached hydrogens (tertiary/aromatic N) is 1. The topological polar surface area (TPSA) is 111 Å². The summed E-state index contributed by atoms with van der Waals surface area (Å²) in [5.74, 6) is -0.846. The van der Waals surface area contributed by atoms with Gasteiger partial charge in [0.2, 0.25) is 0 Å². The van der Waals surface area contributed by atoms with E-state index in [1.54, 1.807) is 0 Å². The second kappa shape index (κ2) is 8.27. The van der Waals surface area contributed by atoms with Gasteiger partial charge in [0.05, 0.1) is 11.5 Å². The Labute approximate surface area is 145 Å². The van der Waals surface area contributed by atoms with Crippen molar-refractivity contribution in [3.05, 3.63) is 55.7 Å². The molecule has 0 atom stereocenters. The molecule has 1 aromatic carbocycles. The van der Waals surface area contributed by atoms with E-state index in [-0.39, 0.29) is 16.5 Å². The summed E-state index contributed by atoms with van der Waals surface area (Å²) in [5.41, 5.74) is -0.363. The number of benzene rings is 1. The number of imide groups is 1. The van der Waals surface area contributed by atoms with E-state index in [9.17, 15) is 19.7 Å². The second-order valence-corrected chi connectivity index (χ2v) is 5.94. The highest BCUT2D eigenvalue weighted by atomic mass is 35.5. The molecule has 2 N–H and O–H groups in total. The highest BCUT2D eigenvalue weighted by Crippen LogP contribution is 2.29. The minimum absolute atomic E-state index is 0.112. The Balaban J connectivity index is 1.82. The molecule has 0 aliphatic rings. The van der Waals surface area contributed by atoms with Gasteiger partial charge in [0.25, 0.3) is 5.91 Å². The zero-order valence-corrected chi connectivity index (χ0v) is 13.7. The molecule has 2 rings (SSSR count). The van der Waals surface area contributed by atoms with E-state index in [1.807, 2.05) is 17.5 Å². The van der Waals surface area contributed by atoms with Crippen LogP contribution in [0.2, 0.25) is 5.02 Å². The van der Waals surface area contributed by atoms with Gasteiger partial charge in [-0.1, -0.05) is 17.7 Å². The monoisotopic (exact) mass is 369 g/mol. The van der Waals surface area contributed by atoms with Crippen molar-refractivity contribution in [2.45, 2.75) is 6.54 Å². The van der Waals surface area contributed by atoms with Crippen molar-refractivity contribution in [3.8, 4) is 5.75 Å². The summed E-state index contributed by atoms with van der Waals surface area (Å²) in [6.45, 7) is -0.255. The lowest BCUT2D eigenvalue weighted by Gasteiger charge is -2.08. The van der Waals surface area contributed by atoms with E-state index in [0.717, 1.165) is 10.9 Å². The molecule has 1 aromatic heterocycles. The fourth-order valence-electron chi connectivity index (χ4n) is 1.69. The molecule has 0 saturated carbocycles. The molecule has 1 heterocycles. The maximum absolute atomic E-state index is 11.6. The van der Waals surface area contributed by atoms with Crippen LogP contribution in [0.5, 0.6) is 5.75 Å². The van der Waals surface area contributed by atoms with Gasteiger partial charge in [0.15, 0.2) is 12.4 Å².